The van der Waals surface area contributed by atoms with Crippen molar-refractivity contribution >= 4 is 5.97 Å². The Hall–Kier alpha value is -4.93. The summed E-state index contributed by atoms with van der Waals surface area (Å²) >= 11 is 0. The second-order valence-electron chi connectivity index (χ2n) is 16.5. The van der Waals surface area contributed by atoms with Crippen LogP contribution in [0.25, 0.3) is 0 Å². The van der Waals surface area contributed by atoms with Gasteiger partial charge in [-0.05, 0) is 109 Å². The summed E-state index contributed by atoms with van der Waals surface area (Å²) in [5.41, 5.74) is 7.19. The molecule has 0 radical (unpaired) electrons. The van der Waals surface area contributed by atoms with Crippen molar-refractivity contribution in [3.8, 4) is 46.0 Å². The highest BCUT2D eigenvalue weighted by Crippen LogP contribution is 2.53. The molecule has 4 aromatic carbocycles. The van der Waals surface area contributed by atoms with Crippen molar-refractivity contribution in [2.75, 3.05) is 62.2 Å². The van der Waals surface area contributed by atoms with Crippen molar-refractivity contribution in [2.24, 2.45) is 0 Å². The lowest BCUT2D eigenvalue weighted by Gasteiger charge is -2.46. The molecule has 1 N–H and O–H groups in total. The van der Waals surface area contributed by atoms with Crippen LogP contribution in [0.1, 0.15) is 96.8 Å². The van der Waals surface area contributed by atoms with E-state index in [1.165, 1.54) is 22.3 Å². The summed E-state index contributed by atoms with van der Waals surface area (Å²) in [6.45, 7) is 2.91. The Morgan fingerprint density at radius 3 is 2.12 bits per heavy atom. The molecule has 10 heteroatoms. The quantitative estimate of drug-likeness (QED) is 0.0989. The number of nitrogens with zero attached hydrogens (tertiary/aromatic N) is 2. The fourth-order valence-corrected chi connectivity index (χ4v) is 9.41. The third-order valence-corrected chi connectivity index (χ3v) is 12.8. The fourth-order valence-electron chi connectivity index (χ4n) is 9.41. The van der Waals surface area contributed by atoms with E-state index in [4.69, 9.17) is 33.5 Å². The highest BCUT2D eigenvalue weighted by atomic mass is 16.5. The van der Waals surface area contributed by atoms with Gasteiger partial charge in [-0.2, -0.15) is 0 Å². The molecule has 3 unspecified atom stereocenters. The number of benzene rings is 4. The molecule has 0 aromatic heterocycles. The SMILES string of the molecule is COc1ccc2cc1Oc1ccc(cc1)CC1c3cc(c(OC)cc3CCN1C)Oc1c(OC)c(OC)cc3c1C(C2)[N+](C)(CCCCCCCCCC(=O)O)CC3. The van der Waals surface area contributed by atoms with E-state index in [9.17, 15) is 4.79 Å². The molecule has 58 heavy (non-hydrogen) atoms. The van der Waals surface area contributed by atoms with Gasteiger partial charge in [0.25, 0.3) is 0 Å². The molecule has 3 atom stereocenters. The first kappa shape index (κ1) is 41.2. The van der Waals surface area contributed by atoms with Crippen LogP contribution in [0.15, 0.2) is 60.7 Å². The van der Waals surface area contributed by atoms with Gasteiger partial charge in [0, 0.05) is 31.8 Å². The zero-order chi connectivity index (χ0) is 40.8. The largest absolute Gasteiger partial charge is 0.493 e. The smallest absolute Gasteiger partial charge is 0.303 e. The van der Waals surface area contributed by atoms with Crippen LogP contribution in [0.4, 0.5) is 0 Å². The summed E-state index contributed by atoms with van der Waals surface area (Å²) in [5.74, 6) is 4.68. The Kier molecular flexibility index (Phi) is 13.0. The fraction of sp³-hybridized carbons (Fsp3) is 0.479. The summed E-state index contributed by atoms with van der Waals surface area (Å²) < 4.78 is 38.8. The van der Waals surface area contributed by atoms with Crippen molar-refractivity contribution < 1.29 is 42.8 Å². The number of quaternary nitrogens is 1. The van der Waals surface area contributed by atoms with Gasteiger partial charge in [-0.25, -0.2) is 0 Å². The van der Waals surface area contributed by atoms with Gasteiger partial charge in [0.05, 0.1) is 54.1 Å². The number of fused-ring (bicyclic) bond motifs is 2. The minimum atomic E-state index is -0.708. The summed E-state index contributed by atoms with van der Waals surface area (Å²) in [4.78, 5) is 13.4. The molecule has 10 nitrogen and oxygen atoms in total. The highest BCUT2D eigenvalue weighted by molar-refractivity contribution is 5.66. The van der Waals surface area contributed by atoms with Crippen molar-refractivity contribution in [1.82, 2.24) is 4.90 Å². The first-order valence-corrected chi connectivity index (χ1v) is 21.0. The first-order valence-electron chi connectivity index (χ1n) is 21.0. The van der Waals surface area contributed by atoms with Gasteiger partial charge in [0.1, 0.15) is 11.8 Å². The molecule has 4 heterocycles. The predicted molar refractivity (Wildman–Crippen MR) is 226 cm³/mol. The van der Waals surface area contributed by atoms with Crippen molar-refractivity contribution in [1.29, 1.82) is 0 Å². The van der Waals surface area contributed by atoms with E-state index in [1.54, 1.807) is 28.4 Å². The number of rotatable bonds is 14. The van der Waals surface area contributed by atoms with E-state index in [2.05, 4.69) is 73.6 Å². The number of aliphatic carboxylic acids is 1. The van der Waals surface area contributed by atoms with E-state index in [0.717, 1.165) is 112 Å². The lowest BCUT2D eigenvalue weighted by Crippen LogP contribution is -2.52. The zero-order valence-corrected chi connectivity index (χ0v) is 35.2. The van der Waals surface area contributed by atoms with Gasteiger partial charge < -0.3 is 38.0 Å². The van der Waals surface area contributed by atoms with Crippen LogP contribution < -0.4 is 28.4 Å². The van der Waals surface area contributed by atoms with E-state index in [0.29, 0.717) is 40.2 Å². The van der Waals surface area contributed by atoms with E-state index < -0.39 is 5.97 Å². The molecular weight excluding hydrogens is 733 g/mol. The molecule has 8 rings (SSSR count). The Bertz CT molecular complexity index is 2070. The van der Waals surface area contributed by atoms with Crippen LogP contribution >= 0.6 is 0 Å². The maximum atomic E-state index is 10.9. The number of carbonyl (C=O) groups is 1. The molecule has 4 aromatic rings. The second kappa shape index (κ2) is 18.3. The number of hydrogen-bond acceptors (Lipinski definition) is 8. The van der Waals surface area contributed by atoms with Gasteiger partial charge in [0.15, 0.2) is 34.5 Å². The maximum absolute atomic E-state index is 10.9. The lowest BCUT2D eigenvalue weighted by atomic mass is 9.85. The molecule has 4 aliphatic heterocycles. The Balaban J connectivity index is 1.34. The van der Waals surface area contributed by atoms with Crippen LogP contribution in [0.2, 0.25) is 0 Å². The first-order chi connectivity index (χ1) is 28.1. The minimum absolute atomic E-state index is 0.0106. The minimum Gasteiger partial charge on any atom is -0.493 e. The van der Waals surface area contributed by atoms with Gasteiger partial charge in [0.2, 0.25) is 5.75 Å². The van der Waals surface area contributed by atoms with E-state index in [1.807, 2.05) is 6.07 Å². The molecule has 0 amide bonds. The Labute approximate surface area is 344 Å². The van der Waals surface area contributed by atoms with Crippen molar-refractivity contribution in [3.05, 3.63) is 94.0 Å². The number of likely N-dealkylation sites (N-methyl/N-ethyl adjacent to an activating group) is 2. The molecule has 0 spiro atoms. The maximum Gasteiger partial charge on any atom is 0.303 e. The van der Waals surface area contributed by atoms with Crippen LogP contribution in [-0.2, 0) is 30.5 Å². The second-order valence-corrected chi connectivity index (χ2v) is 16.5. The molecule has 6 bridgehead atoms. The Morgan fingerprint density at radius 2 is 1.41 bits per heavy atom. The summed E-state index contributed by atoms with van der Waals surface area (Å²) in [6.07, 6.45) is 10.9. The summed E-state index contributed by atoms with van der Waals surface area (Å²) in [6, 6.07) is 21.4. The normalized spacial score (nSPS) is 19.8. The lowest BCUT2D eigenvalue weighted by molar-refractivity contribution is -0.941. The van der Waals surface area contributed by atoms with Gasteiger partial charge >= 0.3 is 5.97 Å². The highest BCUT2D eigenvalue weighted by Gasteiger charge is 2.43. The molecule has 0 saturated heterocycles. The average molecular weight is 794 g/mol. The number of hydrogen-bond donors (Lipinski definition) is 1. The molecule has 4 aliphatic rings. The molecule has 0 saturated carbocycles. The predicted octanol–water partition coefficient (Wildman–Crippen LogP) is 9.88. The third kappa shape index (κ3) is 8.88. The Morgan fingerprint density at radius 1 is 0.741 bits per heavy atom. The van der Waals surface area contributed by atoms with Crippen molar-refractivity contribution in [3.63, 3.8) is 0 Å². The monoisotopic (exact) mass is 793 g/mol. The number of unbranched alkanes of at least 4 members (excludes halogenated alkanes) is 6. The topological polar surface area (TPSA) is 95.9 Å². The number of ether oxygens (including phenoxy) is 6. The average Bonchev–Trinajstić information content (AvgIpc) is 3.22. The molecule has 0 fully saturated rings. The zero-order valence-electron chi connectivity index (χ0n) is 35.2. The molecule has 310 valence electrons. The molecular formula is C48H61N2O8+. The van der Waals surface area contributed by atoms with Crippen LogP contribution in [0, 0.1) is 0 Å². The van der Waals surface area contributed by atoms with Crippen LogP contribution in [0.5, 0.6) is 46.0 Å². The molecule has 0 aliphatic carbocycles. The number of carboxylic acids is 1. The number of methoxy groups -OCH3 is 4. The van der Waals surface area contributed by atoms with Gasteiger partial charge in [-0.15, -0.1) is 0 Å². The van der Waals surface area contributed by atoms with Crippen LogP contribution in [-0.4, -0.2) is 82.6 Å². The van der Waals surface area contributed by atoms with Gasteiger partial charge in [-0.3, -0.25) is 9.69 Å². The van der Waals surface area contributed by atoms with Crippen LogP contribution in [0.3, 0.4) is 0 Å². The number of carboxylic acid groups (broad SMARTS) is 1. The van der Waals surface area contributed by atoms with E-state index in [-0.39, 0.29) is 18.5 Å². The third-order valence-electron chi connectivity index (χ3n) is 12.8. The van der Waals surface area contributed by atoms with E-state index >= 15 is 0 Å². The summed E-state index contributed by atoms with van der Waals surface area (Å²) in [5, 5.41) is 9.00. The summed E-state index contributed by atoms with van der Waals surface area (Å²) in [7, 11) is 11.4. The van der Waals surface area contributed by atoms with Gasteiger partial charge in [-0.1, -0.05) is 43.9 Å². The van der Waals surface area contributed by atoms with Crippen molar-refractivity contribution in [2.45, 2.75) is 89.1 Å². The standard InChI is InChI=1S/C48H60N2O8/c1-49-23-21-34-29-41(54-4)43-31-37(34)38(49)26-32-15-18-36(19-16-32)57-42-28-33(17-20-40(42)53-3)27-39-46-35(30-44(55-5)47(56-6)48(46)58-43)22-25-50(39,2)24-13-11-9-7-8-10-12-14-45(51)52/h15-20,28-31,38-39H,7-14,21-27H2,1-6H3/p+1.